The lowest BCUT2D eigenvalue weighted by atomic mass is 10.0. The molecule has 0 aliphatic carbocycles. The van der Waals surface area contributed by atoms with Crippen LogP contribution in [0.5, 0.6) is 0 Å². The van der Waals surface area contributed by atoms with Gasteiger partial charge in [-0.05, 0) is 57.7 Å². The lowest BCUT2D eigenvalue weighted by molar-refractivity contribution is 0.459. The number of nitrogens with one attached hydrogen (secondary N) is 2. The van der Waals surface area contributed by atoms with Crippen LogP contribution in [0.2, 0.25) is 0 Å². The minimum absolute atomic E-state index is 0. The number of nitrogens with zero attached hydrogens (tertiary/aromatic N) is 3. The molecule has 29 heavy (non-hydrogen) atoms. The molecule has 0 radical (unpaired) electrons. The van der Waals surface area contributed by atoms with E-state index in [1.54, 1.807) is 0 Å². The highest BCUT2D eigenvalue weighted by Gasteiger charge is 2.20. The summed E-state index contributed by atoms with van der Waals surface area (Å²) in [5.74, 6) is 2.01. The minimum atomic E-state index is 0. The second-order valence-electron chi connectivity index (χ2n) is 7.60. The molecule has 2 aromatic rings. The Bertz CT molecular complexity index is 750. The van der Waals surface area contributed by atoms with Crippen LogP contribution in [0.25, 0.3) is 0 Å². The number of anilines is 1. The summed E-state index contributed by atoms with van der Waals surface area (Å²) in [5, 5.41) is 7.02. The van der Waals surface area contributed by atoms with Gasteiger partial charge in [0, 0.05) is 38.4 Å². The predicted molar refractivity (Wildman–Crippen MR) is 134 cm³/mol. The molecule has 1 aliphatic rings. The Hall–Kier alpha value is -1.83. The second-order valence-corrected chi connectivity index (χ2v) is 7.60. The number of pyridine rings is 1. The van der Waals surface area contributed by atoms with Crippen molar-refractivity contribution in [2.45, 2.75) is 46.1 Å². The van der Waals surface area contributed by atoms with Gasteiger partial charge in [0.25, 0.3) is 0 Å². The van der Waals surface area contributed by atoms with E-state index in [-0.39, 0.29) is 24.0 Å². The molecule has 2 heterocycles. The fourth-order valence-electron chi connectivity index (χ4n) is 3.82. The molecule has 5 nitrogen and oxygen atoms in total. The van der Waals surface area contributed by atoms with E-state index < -0.39 is 0 Å². The molecule has 0 spiro atoms. The summed E-state index contributed by atoms with van der Waals surface area (Å²) in [7, 11) is 0. The van der Waals surface area contributed by atoms with Crippen molar-refractivity contribution in [3.8, 4) is 0 Å². The Morgan fingerprint density at radius 2 is 1.86 bits per heavy atom. The number of piperidine rings is 1. The number of rotatable bonds is 6. The van der Waals surface area contributed by atoms with Crippen LogP contribution < -0.4 is 15.5 Å². The van der Waals surface area contributed by atoms with Crippen LogP contribution in [0, 0.1) is 13.8 Å². The van der Waals surface area contributed by atoms with Gasteiger partial charge in [-0.25, -0.2) is 4.98 Å². The van der Waals surface area contributed by atoms with E-state index in [1.165, 1.54) is 16.7 Å². The topological polar surface area (TPSA) is 52.6 Å². The quantitative estimate of drug-likeness (QED) is 0.352. The first kappa shape index (κ1) is 23.4. The summed E-state index contributed by atoms with van der Waals surface area (Å²) in [6.07, 6.45) is 5.03. The molecule has 0 atom stereocenters. The Morgan fingerprint density at radius 1 is 1.14 bits per heavy atom. The molecule has 1 aromatic heterocycles. The van der Waals surface area contributed by atoms with Crippen molar-refractivity contribution in [3.05, 3.63) is 59.3 Å². The van der Waals surface area contributed by atoms with Gasteiger partial charge >= 0.3 is 0 Å². The normalized spacial score (nSPS) is 15.0. The van der Waals surface area contributed by atoms with Gasteiger partial charge in [-0.15, -0.1) is 24.0 Å². The monoisotopic (exact) mass is 507 g/mol. The number of aliphatic imine (C=N–C) groups is 1. The van der Waals surface area contributed by atoms with Crippen LogP contribution in [0.1, 0.15) is 36.5 Å². The summed E-state index contributed by atoms with van der Waals surface area (Å²) in [6.45, 7) is 10.1. The molecule has 0 bridgehead atoms. The molecule has 3 rings (SSSR count). The number of guanidine groups is 1. The molecule has 1 saturated heterocycles. The van der Waals surface area contributed by atoms with Crippen LogP contribution in [0.4, 0.5) is 5.82 Å². The average Bonchev–Trinajstić information content (AvgIpc) is 2.69. The fourth-order valence-corrected chi connectivity index (χ4v) is 3.82. The van der Waals surface area contributed by atoms with E-state index >= 15 is 0 Å². The van der Waals surface area contributed by atoms with E-state index in [4.69, 9.17) is 4.99 Å². The molecule has 0 amide bonds. The second kappa shape index (κ2) is 12.0. The molecule has 0 unspecified atom stereocenters. The first-order valence-corrected chi connectivity index (χ1v) is 10.4. The molecule has 2 N–H and O–H groups in total. The van der Waals surface area contributed by atoms with E-state index in [9.17, 15) is 0 Å². The van der Waals surface area contributed by atoms with Gasteiger partial charge in [0.05, 0.1) is 0 Å². The molecule has 0 saturated carbocycles. The molecular formula is C23H34IN5. The largest absolute Gasteiger partial charge is 0.357 e. The van der Waals surface area contributed by atoms with Crippen molar-refractivity contribution in [1.29, 1.82) is 0 Å². The molecule has 6 heteroatoms. The number of benzene rings is 1. The standard InChI is InChI=1S/C23H33N5.HI/c1-4-24-23(26-12-8-20-16-18(2)15-19(3)17-20)27-21-9-13-28(14-10-21)22-7-5-6-11-25-22;/h5-7,11,15-17,21H,4,8-10,12-14H2,1-3H3,(H2,24,26,27);1H. The van der Waals surface area contributed by atoms with Gasteiger partial charge in [-0.2, -0.15) is 0 Å². The van der Waals surface area contributed by atoms with Crippen molar-refractivity contribution < 1.29 is 0 Å². The number of hydrogen-bond donors (Lipinski definition) is 2. The lowest BCUT2D eigenvalue weighted by Gasteiger charge is -2.33. The van der Waals surface area contributed by atoms with Crippen LogP contribution >= 0.6 is 24.0 Å². The SMILES string of the molecule is CCNC(=NCCc1cc(C)cc(C)c1)NC1CCN(c2ccccn2)CC1.I. The van der Waals surface area contributed by atoms with Crippen LogP contribution in [0.3, 0.4) is 0 Å². The molecule has 1 aromatic carbocycles. The van der Waals surface area contributed by atoms with E-state index in [0.717, 1.165) is 57.2 Å². The third-order valence-corrected chi connectivity index (χ3v) is 5.11. The predicted octanol–water partition coefficient (Wildman–Crippen LogP) is 4.08. The fraction of sp³-hybridized carbons (Fsp3) is 0.478. The molecule has 158 valence electrons. The summed E-state index contributed by atoms with van der Waals surface area (Å²) >= 11 is 0. The van der Waals surface area contributed by atoms with Crippen molar-refractivity contribution in [2.24, 2.45) is 4.99 Å². The van der Waals surface area contributed by atoms with Crippen molar-refractivity contribution in [1.82, 2.24) is 15.6 Å². The van der Waals surface area contributed by atoms with Gasteiger partial charge < -0.3 is 15.5 Å². The Morgan fingerprint density at radius 3 is 2.48 bits per heavy atom. The maximum atomic E-state index is 4.81. The van der Waals surface area contributed by atoms with Gasteiger partial charge in [-0.3, -0.25) is 4.99 Å². The van der Waals surface area contributed by atoms with Gasteiger partial charge in [0.15, 0.2) is 5.96 Å². The zero-order valence-corrected chi connectivity index (χ0v) is 20.1. The minimum Gasteiger partial charge on any atom is -0.357 e. The first-order valence-electron chi connectivity index (χ1n) is 10.4. The lowest BCUT2D eigenvalue weighted by Crippen LogP contribution is -2.49. The third-order valence-electron chi connectivity index (χ3n) is 5.11. The molecule has 1 aliphatic heterocycles. The Kier molecular flexibility index (Phi) is 9.70. The number of halogens is 1. The van der Waals surface area contributed by atoms with Crippen molar-refractivity contribution >= 4 is 35.8 Å². The Balaban J connectivity index is 0.00000300. The summed E-state index contributed by atoms with van der Waals surface area (Å²) in [4.78, 5) is 11.6. The maximum absolute atomic E-state index is 4.81. The number of aryl methyl sites for hydroxylation is 2. The molecule has 1 fully saturated rings. The van der Waals surface area contributed by atoms with E-state index in [2.05, 4.69) is 71.6 Å². The highest BCUT2D eigenvalue weighted by molar-refractivity contribution is 14.0. The van der Waals surface area contributed by atoms with Crippen LogP contribution in [-0.4, -0.2) is 43.2 Å². The zero-order chi connectivity index (χ0) is 19.8. The summed E-state index contributed by atoms with van der Waals surface area (Å²) in [5.41, 5.74) is 4.01. The number of aromatic nitrogens is 1. The molecular weight excluding hydrogens is 473 g/mol. The van der Waals surface area contributed by atoms with Crippen LogP contribution in [0.15, 0.2) is 47.6 Å². The smallest absolute Gasteiger partial charge is 0.191 e. The summed E-state index contributed by atoms with van der Waals surface area (Å²) < 4.78 is 0. The van der Waals surface area contributed by atoms with Crippen molar-refractivity contribution in [3.63, 3.8) is 0 Å². The maximum Gasteiger partial charge on any atom is 0.191 e. The van der Waals surface area contributed by atoms with Gasteiger partial charge in [0.2, 0.25) is 0 Å². The zero-order valence-electron chi connectivity index (χ0n) is 17.8. The third kappa shape index (κ3) is 7.49. The highest BCUT2D eigenvalue weighted by atomic mass is 127. The summed E-state index contributed by atoms with van der Waals surface area (Å²) in [6, 6.07) is 13.3. The highest BCUT2D eigenvalue weighted by Crippen LogP contribution is 2.17. The number of hydrogen-bond acceptors (Lipinski definition) is 3. The van der Waals surface area contributed by atoms with E-state index in [0.29, 0.717) is 6.04 Å². The average molecular weight is 507 g/mol. The van der Waals surface area contributed by atoms with Gasteiger partial charge in [0.1, 0.15) is 5.82 Å². The van der Waals surface area contributed by atoms with Gasteiger partial charge in [-0.1, -0.05) is 35.4 Å². The first-order chi connectivity index (χ1) is 13.6. The van der Waals surface area contributed by atoms with E-state index in [1.807, 2.05) is 12.3 Å². The van der Waals surface area contributed by atoms with Crippen LogP contribution in [-0.2, 0) is 6.42 Å². The Labute approximate surface area is 192 Å². The van der Waals surface area contributed by atoms with Crippen molar-refractivity contribution in [2.75, 3.05) is 31.1 Å².